The van der Waals surface area contributed by atoms with Crippen LogP contribution in [-0.2, 0) is 9.84 Å². The van der Waals surface area contributed by atoms with Crippen molar-refractivity contribution in [2.24, 2.45) is 11.8 Å². The zero-order chi connectivity index (χ0) is 28.0. The maximum atomic E-state index is 11.3. The first kappa shape index (κ1) is 31.9. The third-order valence-corrected chi connectivity index (χ3v) is 13.8. The van der Waals surface area contributed by atoms with E-state index in [0.717, 1.165) is 49.8 Å². The van der Waals surface area contributed by atoms with E-state index >= 15 is 0 Å². The number of phenols is 2. The van der Waals surface area contributed by atoms with Gasteiger partial charge < -0.3 is 19.7 Å². The zero-order valence-electron chi connectivity index (χ0n) is 25.1. The van der Waals surface area contributed by atoms with Crippen LogP contribution in [0.25, 0.3) is 0 Å². The highest BCUT2D eigenvalue weighted by atomic mass is 28.4. The summed E-state index contributed by atoms with van der Waals surface area (Å²) in [5.74, 6) is 0.832. The van der Waals surface area contributed by atoms with Gasteiger partial charge in [0.25, 0.3) is 0 Å². The molecule has 1 aromatic carbocycles. The molecule has 4 nitrogen and oxygen atoms in total. The summed E-state index contributed by atoms with van der Waals surface area (Å²) in [5.41, 5.74) is 2.52. The average Bonchev–Trinajstić information content (AvgIpc) is 2.79. The topological polar surface area (TPSA) is 69.9 Å². The van der Waals surface area contributed by atoms with Gasteiger partial charge in [-0.3, -0.25) is 0 Å². The molecular weight excluding hydrogens is 476 g/mol. The normalized spacial score (nSPS) is 21.3. The van der Waals surface area contributed by atoms with Crippen molar-refractivity contribution in [2.75, 3.05) is 13.2 Å². The van der Waals surface area contributed by atoms with E-state index in [2.05, 4.69) is 61.2 Å². The van der Waals surface area contributed by atoms with E-state index < -0.39 is 8.32 Å². The summed E-state index contributed by atoms with van der Waals surface area (Å²) in [6.07, 6.45) is 9.19. The second-order valence-corrected chi connectivity index (χ2v) is 18.5. The van der Waals surface area contributed by atoms with Gasteiger partial charge in [0.1, 0.15) is 11.5 Å². The van der Waals surface area contributed by atoms with Gasteiger partial charge in [-0.25, -0.2) is 0 Å². The fourth-order valence-corrected chi connectivity index (χ4v) is 6.71. The summed E-state index contributed by atoms with van der Waals surface area (Å²) < 4.78 is 6.59. The van der Waals surface area contributed by atoms with Gasteiger partial charge in [0.05, 0.1) is 0 Å². The van der Waals surface area contributed by atoms with E-state index in [1.807, 2.05) is 12.1 Å². The molecule has 0 unspecified atom stereocenters. The van der Waals surface area contributed by atoms with Crippen LogP contribution in [-0.4, -0.2) is 36.9 Å². The largest absolute Gasteiger partial charge is 0.508 e. The van der Waals surface area contributed by atoms with Crippen molar-refractivity contribution in [3.05, 3.63) is 35.4 Å². The van der Waals surface area contributed by atoms with Crippen molar-refractivity contribution >= 4 is 8.32 Å². The Balaban J connectivity index is 2.32. The zero-order valence-corrected chi connectivity index (χ0v) is 26.1. The number of phenolic OH excluding ortho intramolecular Hbond substituents is 2. The Kier molecular flexibility index (Phi) is 11.4. The number of aliphatic hydroxyl groups excluding tert-OH is 1. The molecule has 2 rings (SSSR count). The van der Waals surface area contributed by atoms with Crippen molar-refractivity contribution in [2.45, 2.75) is 129 Å². The fraction of sp³-hybridized carbons (Fsp3) is 0.750. The second kappa shape index (κ2) is 13.2. The summed E-state index contributed by atoms with van der Waals surface area (Å²) in [6.45, 7) is 23.1. The molecule has 0 aromatic heterocycles. The van der Waals surface area contributed by atoms with E-state index in [-0.39, 0.29) is 40.4 Å². The van der Waals surface area contributed by atoms with E-state index in [0.29, 0.717) is 17.9 Å². The van der Waals surface area contributed by atoms with Gasteiger partial charge in [-0.05, 0) is 91.1 Å². The first-order valence-electron chi connectivity index (χ1n) is 14.6. The lowest BCUT2D eigenvalue weighted by Gasteiger charge is -2.41. The smallest absolute Gasteiger partial charge is 0.191 e. The number of benzene rings is 1. The Morgan fingerprint density at radius 3 is 2.19 bits per heavy atom. The van der Waals surface area contributed by atoms with Gasteiger partial charge in [0.2, 0.25) is 0 Å². The highest BCUT2D eigenvalue weighted by molar-refractivity contribution is 6.74. The van der Waals surface area contributed by atoms with Crippen LogP contribution in [0.3, 0.4) is 0 Å². The van der Waals surface area contributed by atoms with Crippen molar-refractivity contribution < 1.29 is 19.7 Å². The second-order valence-electron chi connectivity index (χ2n) is 13.7. The van der Waals surface area contributed by atoms with E-state index in [1.54, 1.807) is 0 Å². The molecule has 0 aliphatic heterocycles. The molecule has 3 N–H and O–H groups in total. The molecule has 5 heteroatoms. The average molecular weight is 533 g/mol. The quantitative estimate of drug-likeness (QED) is 0.135. The monoisotopic (exact) mass is 532 g/mol. The maximum absolute atomic E-state index is 11.3. The van der Waals surface area contributed by atoms with Gasteiger partial charge in [-0.1, -0.05) is 79.4 Å². The van der Waals surface area contributed by atoms with E-state index in [1.165, 1.54) is 19.3 Å². The van der Waals surface area contributed by atoms with Crippen LogP contribution in [0.5, 0.6) is 11.5 Å². The molecule has 0 spiro atoms. The van der Waals surface area contributed by atoms with Crippen molar-refractivity contribution in [3.8, 4) is 11.5 Å². The lowest BCUT2D eigenvalue weighted by molar-refractivity contribution is 0.160. The van der Waals surface area contributed by atoms with Crippen LogP contribution in [0.15, 0.2) is 24.3 Å². The molecule has 0 saturated heterocycles. The van der Waals surface area contributed by atoms with Gasteiger partial charge in [-0.2, -0.15) is 0 Å². The third kappa shape index (κ3) is 8.34. The third-order valence-electron chi connectivity index (χ3n) is 9.35. The maximum Gasteiger partial charge on any atom is 0.191 e. The minimum absolute atomic E-state index is 0.0393. The molecule has 3 atom stereocenters. The van der Waals surface area contributed by atoms with Crippen molar-refractivity contribution in [1.29, 1.82) is 0 Å². The van der Waals surface area contributed by atoms with Crippen LogP contribution < -0.4 is 0 Å². The predicted octanol–water partition coefficient (Wildman–Crippen LogP) is 8.81. The Hall–Kier alpha value is -1.30. The number of aliphatic hydroxyl groups is 1. The molecular formula is C32H56O4Si. The summed E-state index contributed by atoms with van der Waals surface area (Å²) in [5, 5.41) is 32.4. The highest BCUT2D eigenvalue weighted by Gasteiger charge is 2.40. The molecule has 1 saturated carbocycles. The van der Waals surface area contributed by atoms with Crippen LogP contribution in [0.2, 0.25) is 18.1 Å². The SMILES string of the molecule is C=C(CCO)[C@@H]1CC[C@@H](CO[Si](C)(C)C(C)(C)C)C[C@H]1c1c(O)cc(C(C)(C)CCCCCC)cc1O. The molecule has 0 radical (unpaired) electrons. The molecule has 37 heavy (non-hydrogen) atoms. The Morgan fingerprint density at radius 2 is 1.65 bits per heavy atom. The van der Waals surface area contributed by atoms with Crippen LogP contribution in [0, 0.1) is 11.8 Å². The molecule has 1 aromatic rings. The first-order valence-corrected chi connectivity index (χ1v) is 17.5. The number of hydrogen-bond donors (Lipinski definition) is 3. The molecule has 212 valence electrons. The van der Waals surface area contributed by atoms with E-state index in [9.17, 15) is 15.3 Å². The number of aromatic hydroxyl groups is 2. The summed E-state index contributed by atoms with van der Waals surface area (Å²) in [6, 6.07) is 3.77. The number of rotatable bonds is 13. The van der Waals surface area contributed by atoms with Gasteiger partial charge in [0.15, 0.2) is 8.32 Å². The molecule has 1 aliphatic rings. The number of unbranched alkanes of at least 4 members (excludes halogenated alkanes) is 3. The Morgan fingerprint density at radius 1 is 1.03 bits per heavy atom. The molecule has 1 aliphatic carbocycles. The molecule has 0 heterocycles. The molecule has 0 amide bonds. The van der Waals surface area contributed by atoms with Crippen molar-refractivity contribution in [1.82, 2.24) is 0 Å². The molecule has 1 fully saturated rings. The summed E-state index contributed by atoms with van der Waals surface area (Å²) >= 11 is 0. The minimum atomic E-state index is -1.86. The summed E-state index contributed by atoms with van der Waals surface area (Å²) in [4.78, 5) is 0. The predicted molar refractivity (Wildman–Crippen MR) is 159 cm³/mol. The first-order chi connectivity index (χ1) is 17.1. The van der Waals surface area contributed by atoms with Gasteiger partial charge in [-0.15, -0.1) is 0 Å². The fourth-order valence-electron chi connectivity index (χ4n) is 5.62. The lowest BCUT2D eigenvalue weighted by atomic mass is 9.67. The van der Waals surface area contributed by atoms with Crippen LogP contribution >= 0.6 is 0 Å². The van der Waals surface area contributed by atoms with Crippen molar-refractivity contribution in [3.63, 3.8) is 0 Å². The Bertz CT molecular complexity index is 860. The van der Waals surface area contributed by atoms with Crippen LogP contribution in [0.4, 0.5) is 0 Å². The van der Waals surface area contributed by atoms with Gasteiger partial charge >= 0.3 is 0 Å². The minimum Gasteiger partial charge on any atom is -0.508 e. The summed E-state index contributed by atoms with van der Waals surface area (Å²) in [7, 11) is -1.86. The highest BCUT2D eigenvalue weighted by Crippen LogP contribution is 2.51. The molecule has 0 bridgehead atoms. The van der Waals surface area contributed by atoms with Crippen LogP contribution in [0.1, 0.15) is 116 Å². The standard InChI is InChI=1S/C32H56O4Si/c1-10-11-12-13-17-32(6,7)25-20-28(34)30(29(35)21-25)27-19-24(14-15-26(27)23(2)16-18-33)22-36-37(8,9)31(3,4)5/h20-21,24,26-27,33-35H,2,10-19,22H2,1,3-9H3/t24-,26+,27-/m1/s1. The lowest BCUT2D eigenvalue weighted by Crippen LogP contribution is -2.42. The van der Waals surface area contributed by atoms with Gasteiger partial charge in [0, 0.05) is 18.8 Å². The number of hydrogen-bond acceptors (Lipinski definition) is 4. The Labute approximate surface area is 228 Å². The van der Waals surface area contributed by atoms with E-state index in [4.69, 9.17) is 4.43 Å².